The third kappa shape index (κ3) is 4.34. The lowest BCUT2D eigenvalue weighted by molar-refractivity contribution is 0.0996. The van der Waals surface area contributed by atoms with Gasteiger partial charge in [0.15, 0.2) is 0 Å². The summed E-state index contributed by atoms with van der Waals surface area (Å²) in [5.41, 5.74) is 1.25. The van der Waals surface area contributed by atoms with Gasteiger partial charge in [-0.15, -0.1) is 11.3 Å². The van der Waals surface area contributed by atoms with E-state index in [9.17, 15) is 0 Å². The molecule has 1 atom stereocenters. The molecule has 0 aliphatic carbocycles. The van der Waals surface area contributed by atoms with Crippen LogP contribution in [0.5, 0.6) is 0 Å². The molecule has 1 rings (SSSR count). The second kappa shape index (κ2) is 7.87. The normalized spacial score (nSPS) is 13.2. The van der Waals surface area contributed by atoms with Crippen LogP contribution in [0.15, 0.2) is 0 Å². The minimum absolute atomic E-state index is 0.151. The number of thiazole rings is 1. The highest BCUT2D eigenvalue weighted by Crippen LogP contribution is 2.28. The van der Waals surface area contributed by atoms with Gasteiger partial charge in [0.25, 0.3) is 0 Å². The fraction of sp³-hybridized carbons (Fsp3) is 0.786. The van der Waals surface area contributed by atoms with Crippen molar-refractivity contribution in [3.8, 4) is 0 Å². The SMILES string of the molecule is CCCc1nc(C(CC)OC)sc1CNC(C)C. The van der Waals surface area contributed by atoms with Crippen LogP contribution in [0.25, 0.3) is 0 Å². The van der Waals surface area contributed by atoms with Gasteiger partial charge in [-0.3, -0.25) is 0 Å². The molecule has 0 fully saturated rings. The number of hydrogen-bond acceptors (Lipinski definition) is 4. The third-order valence-corrected chi connectivity index (χ3v) is 4.07. The molecule has 104 valence electrons. The molecule has 1 heterocycles. The molecule has 1 unspecified atom stereocenters. The van der Waals surface area contributed by atoms with Crippen molar-refractivity contribution in [3.63, 3.8) is 0 Å². The van der Waals surface area contributed by atoms with E-state index in [1.807, 2.05) is 0 Å². The van der Waals surface area contributed by atoms with Crippen molar-refractivity contribution < 1.29 is 4.74 Å². The highest BCUT2D eigenvalue weighted by atomic mass is 32.1. The number of methoxy groups -OCH3 is 1. The lowest BCUT2D eigenvalue weighted by atomic mass is 10.2. The molecule has 1 aromatic rings. The first-order valence-corrected chi connectivity index (χ1v) is 7.68. The summed E-state index contributed by atoms with van der Waals surface area (Å²) >= 11 is 1.80. The fourth-order valence-electron chi connectivity index (χ4n) is 1.85. The Morgan fingerprint density at radius 1 is 1.33 bits per heavy atom. The molecule has 1 aromatic heterocycles. The zero-order chi connectivity index (χ0) is 13.5. The van der Waals surface area contributed by atoms with E-state index in [-0.39, 0.29) is 6.10 Å². The first-order valence-electron chi connectivity index (χ1n) is 6.86. The van der Waals surface area contributed by atoms with Gasteiger partial charge in [0.1, 0.15) is 11.1 Å². The van der Waals surface area contributed by atoms with E-state index in [4.69, 9.17) is 9.72 Å². The van der Waals surface area contributed by atoms with Crippen molar-refractivity contribution in [3.05, 3.63) is 15.6 Å². The van der Waals surface area contributed by atoms with Crippen LogP contribution in [0, 0.1) is 0 Å². The lowest BCUT2D eigenvalue weighted by Gasteiger charge is -2.08. The summed E-state index contributed by atoms with van der Waals surface area (Å²) in [5, 5.41) is 4.61. The quantitative estimate of drug-likeness (QED) is 0.782. The first kappa shape index (κ1) is 15.6. The number of rotatable bonds is 8. The van der Waals surface area contributed by atoms with Gasteiger partial charge in [-0.2, -0.15) is 0 Å². The Kier molecular flexibility index (Phi) is 6.82. The molecule has 0 aliphatic rings. The van der Waals surface area contributed by atoms with Crippen LogP contribution in [0.1, 0.15) is 62.2 Å². The zero-order valence-electron chi connectivity index (χ0n) is 12.2. The van der Waals surface area contributed by atoms with E-state index in [2.05, 4.69) is 33.0 Å². The van der Waals surface area contributed by atoms with E-state index in [1.54, 1.807) is 18.4 Å². The predicted molar refractivity (Wildman–Crippen MR) is 78.1 cm³/mol. The Labute approximate surface area is 115 Å². The van der Waals surface area contributed by atoms with Gasteiger partial charge in [0.2, 0.25) is 0 Å². The molecule has 1 N–H and O–H groups in total. The lowest BCUT2D eigenvalue weighted by Crippen LogP contribution is -2.21. The Balaban J connectivity index is 2.85. The second-order valence-electron chi connectivity index (χ2n) is 4.84. The van der Waals surface area contributed by atoms with Crippen molar-refractivity contribution in [1.29, 1.82) is 0 Å². The van der Waals surface area contributed by atoms with Crippen molar-refractivity contribution in [2.75, 3.05) is 7.11 Å². The molecule has 0 amide bonds. The predicted octanol–water partition coefficient (Wildman–Crippen LogP) is 3.69. The maximum Gasteiger partial charge on any atom is 0.122 e. The molecule has 3 nitrogen and oxygen atoms in total. The maximum absolute atomic E-state index is 5.49. The van der Waals surface area contributed by atoms with Crippen LogP contribution in [0.2, 0.25) is 0 Å². The molecule has 18 heavy (non-hydrogen) atoms. The van der Waals surface area contributed by atoms with Crippen LogP contribution in [-0.2, 0) is 17.7 Å². The molecule has 0 saturated carbocycles. The number of aromatic nitrogens is 1. The summed E-state index contributed by atoms with van der Waals surface area (Å²) < 4.78 is 5.49. The Hall–Kier alpha value is -0.450. The zero-order valence-corrected chi connectivity index (χ0v) is 13.1. The van der Waals surface area contributed by atoms with Gasteiger partial charge in [-0.1, -0.05) is 34.1 Å². The van der Waals surface area contributed by atoms with E-state index in [0.29, 0.717) is 6.04 Å². The third-order valence-electron chi connectivity index (χ3n) is 2.88. The van der Waals surface area contributed by atoms with Gasteiger partial charge in [-0.25, -0.2) is 4.98 Å². The number of nitrogens with zero attached hydrogens (tertiary/aromatic N) is 1. The molecule has 0 bridgehead atoms. The van der Waals surface area contributed by atoms with Crippen LogP contribution < -0.4 is 5.32 Å². The minimum atomic E-state index is 0.151. The van der Waals surface area contributed by atoms with Crippen molar-refractivity contribution in [2.45, 2.75) is 65.6 Å². The highest BCUT2D eigenvalue weighted by Gasteiger charge is 2.17. The van der Waals surface area contributed by atoms with Crippen molar-refractivity contribution in [1.82, 2.24) is 10.3 Å². The Morgan fingerprint density at radius 2 is 2.06 bits per heavy atom. The average molecular weight is 270 g/mol. The van der Waals surface area contributed by atoms with Crippen molar-refractivity contribution >= 4 is 11.3 Å². The van der Waals surface area contributed by atoms with E-state index >= 15 is 0 Å². The second-order valence-corrected chi connectivity index (χ2v) is 5.96. The van der Waals surface area contributed by atoms with Crippen molar-refractivity contribution in [2.24, 2.45) is 0 Å². The smallest absolute Gasteiger partial charge is 0.122 e. The summed E-state index contributed by atoms with van der Waals surface area (Å²) in [6, 6.07) is 0.509. The molecule has 4 heteroatoms. The summed E-state index contributed by atoms with van der Waals surface area (Å²) in [6.07, 6.45) is 3.33. The Bertz CT molecular complexity index is 346. The van der Waals surface area contributed by atoms with Gasteiger partial charge in [-0.05, 0) is 12.8 Å². The molecule has 0 aromatic carbocycles. The number of nitrogens with one attached hydrogen (secondary N) is 1. The number of aryl methyl sites for hydroxylation is 1. The monoisotopic (exact) mass is 270 g/mol. The molecule has 0 spiro atoms. The summed E-state index contributed by atoms with van der Waals surface area (Å²) in [5.74, 6) is 0. The largest absolute Gasteiger partial charge is 0.374 e. The summed E-state index contributed by atoms with van der Waals surface area (Å²) in [6.45, 7) is 9.61. The van der Waals surface area contributed by atoms with Gasteiger partial charge in [0, 0.05) is 24.6 Å². The average Bonchev–Trinajstić information content (AvgIpc) is 2.72. The highest BCUT2D eigenvalue weighted by molar-refractivity contribution is 7.11. The van der Waals surface area contributed by atoms with E-state index in [0.717, 1.165) is 30.8 Å². The van der Waals surface area contributed by atoms with E-state index in [1.165, 1.54) is 10.6 Å². The molecule has 0 aliphatic heterocycles. The van der Waals surface area contributed by atoms with Crippen LogP contribution in [-0.4, -0.2) is 18.1 Å². The topological polar surface area (TPSA) is 34.1 Å². The fourth-order valence-corrected chi connectivity index (χ4v) is 3.07. The summed E-state index contributed by atoms with van der Waals surface area (Å²) in [7, 11) is 1.76. The van der Waals surface area contributed by atoms with Crippen LogP contribution in [0.3, 0.4) is 0 Å². The number of hydrogen-bond donors (Lipinski definition) is 1. The standard InChI is InChI=1S/C14H26N2OS/c1-6-8-11-13(9-15-10(3)4)18-14(16-11)12(7-2)17-5/h10,12,15H,6-9H2,1-5H3. The number of ether oxygens (including phenoxy) is 1. The minimum Gasteiger partial charge on any atom is -0.374 e. The summed E-state index contributed by atoms with van der Waals surface area (Å²) in [4.78, 5) is 6.14. The van der Waals surface area contributed by atoms with Gasteiger partial charge < -0.3 is 10.1 Å². The molecule has 0 saturated heterocycles. The molecular formula is C14H26N2OS. The van der Waals surface area contributed by atoms with Crippen LogP contribution >= 0.6 is 11.3 Å². The van der Waals surface area contributed by atoms with Gasteiger partial charge in [0.05, 0.1) is 5.69 Å². The Morgan fingerprint density at radius 3 is 2.56 bits per heavy atom. The van der Waals surface area contributed by atoms with E-state index < -0.39 is 0 Å². The maximum atomic E-state index is 5.49. The molecular weight excluding hydrogens is 244 g/mol. The van der Waals surface area contributed by atoms with Crippen LogP contribution in [0.4, 0.5) is 0 Å². The molecule has 0 radical (unpaired) electrons. The first-order chi connectivity index (χ1) is 8.62. The van der Waals surface area contributed by atoms with Gasteiger partial charge >= 0.3 is 0 Å².